The quantitative estimate of drug-likeness (QED) is 0.240. The molecule has 0 atom stereocenters. The van der Waals surface area contributed by atoms with E-state index in [1.807, 2.05) is 18.2 Å². The van der Waals surface area contributed by atoms with E-state index in [2.05, 4.69) is 22.6 Å². The summed E-state index contributed by atoms with van der Waals surface area (Å²) >= 11 is 2.10. The fourth-order valence-electron chi connectivity index (χ4n) is 2.39. The molecule has 0 N–H and O–H groups in total. The van der Waals surface area contributed by atoms with Crippen molar-refractivity contribution >= 4 is 34.3 Å². The number of ketones is 1. The molecule has 130 valence electrons. The van der Waals surface area contributed by atoms with Crippen LogP contribution >= 0.6 is 22.6 Å². The molecule has 0 fully saturated rings. The van der Waals surface area contributed by atoms with E-state index >= 15 is 0 Å². The molecule has 0 radical (unpaired) electrons. The lowest BCUT2D eigenvalue weighted by Gasteiger charge is -2.08. The van der Waals surface area contributed by atoms with Crippen LogP contribution in [0.1, 0.15) is 26.3 Å². The Labute approximate surface area is 164 Å². The van der Waals surface area contributed by atoms with Gasteiger partial charge in [0.2, 0.25) is 0 Å². The zero-order valence-electron chi connectivity index (χ0n) is 13.9. The fourth-order valence-corrected chi connectivity index (χ4v) is 3.13. The largest absolute Gasteiger partial charge is 0.496 e. The van der Waals surface area contributed by atoms with Crippen molar-refractivity contribution < 1.29 is 19.1 Å². The van der Waals surface area contributed by atoms with Crippen molar-refractivity contribution in [3.05, 3.63) is 93.1 Å². The second-order valence-corrected chi connectivity index (χ2v) is 6.62. The Kier molecular flexibility index (Phi) is 5.68. The van der Waals surface area contributed by atoms with Gasteiger partial charge in [0.15, 0.2) is 5.78 Å². The number of hydrogen-bond acceptors (Lipinski definition) is 4. The van der Waals surface area contributed by atoms with Gasteiger partial charge >= 0.3 is 5.97 Å². The molecule has 0 unspecified atom stereocenters. The topological polar surface area (TPSA) is 52.6 Å². The van der Waals surface area contributed by atoms with Crippen LogP contribution in [-0.4, -0.2) is 18.9 Å². The van der Waals surface area contributed by atoms with Gasteiger partial charge in [-0.3, -0.25) is 4.79 Å². The second-order valence-electron chi connectivity index (χ2n) is 5.46. The SMILES string of the molecule is COc1ccc(C(=O)Oc2ccc(C(=O)c3ccccc3)cc2)cc1I. The Morgan fingerprint density at radius 1 is 0.808 bits per heavy atom. The van der Waals surface area contributed by atoms with Crippen LogP contribution in [0.3, 0.4) is 0 Å². The molecule has 0 aromatic heterocycles. The van der Waals surface area contributed by atoms with Crippen molar-refractivity contribution in [1.82, 2.24) is 0 Å². The molecular formula is C21H15IO4. The van der Waals surface area contributed by atoms with E-state index in [4.69, 9.17) is 9.47 Å². The Morgan fingerprint density at radius 3 is 2.04 bits per heavy atom. The molecule has 0 amide bonds. The first-order valence-electron chi connectivity index (χ1n) is 7.84. The lowest BCUT2D eigenvalue weighted by Crippen LogP contribution is -2.09. The summed E-state index contributed by atoms with van der Waals surface area (Å²) in [6, 6.07) is 20.6. The fraction of sp³-hybridized carbons (Fsp3) is 0.0476. The van der Waals surface area contributed by atoms with Gasteiger partial charge in [-0.25, -0.2) is 4.79 Å². The Bertz CT molecular complexity index is 934. The van der Waals surface area contributed by atoms with Crippen molar-refractivity contribution in [2.45, 2.75) is 0 Å². The highest BCUT2D eigenvalue weighted by atomic mass is 127. The minimum Gasteiger partial charge on any atom is -0.496 e. The Balaban J connectivity index is 1.72. The van der Waals surface area contributed by atoms with Crippen LogP contribution in [-0.2, 0) is 0 Å². The Hall–Kier alpha value is -2.67. The molecule has 0 aliphatic carbocycles. The molecule has 0 saturated heterocycles. The number of carbonyl (C=O) groups excluding carboxylic acids is 2. The number of carbonyl (C=O) groups is 2. The zero-order chi connectivity index (χ0) is 18.5. The third-order valence-corrected chi connectivity index (χ3v) is 4.59. The van der Waals surface area contributed by atoms with Crippen LogP contribution in [0.5, 0.6) is 11.5 Å². The smallest absolute Gasteiger partial charge is 0.343 e. The molecular weight excluding hydrogens is 443 g/mol. The molecule has 0 spiro atoms. The number of esters is 1. The molecule has 4 nitrogen and oxygen atoms in total. The average Bonchev–Trinajstić information content (AvgIpc) is 2.68. The third-order valence-electron chi connectivity index (χ3n) is 3.75. The summed E-state index contributed by atoms with van der Waals surface area (Å²) in [5, 5.41) is 0. The lowest BCUT2D eigenvalue weighted by molar-refractivity contribution is 0.0734. The van der Waals surface area contributed by atoms with E-state index in [0.29, 0.717) is 28.2 Å². The molecule has 0 bridgehead atoms. The summed E-state index contributed by atoms with van der Waals surface area (Å²) < 4.78 is 11.4. The normalized spacial score (nSPS) is 10.2. The van der Waals surface area contributed by atoms with Gasteiger partial charge < -0.3 is 9.47 Å². The van der Waals surface area contributed by atoms with Crippen molar-refractivity contribution in [2.24, 2.45) is 0 Å². The van der Waals surface area contributed by atoms with Gasteiger partial charge in [-0.2, -0.15) is 0 Å². The number of hydrogen-bond donors (Lipinski definition) is 0. The van der Waals surface area contributed by atoms with Crippen LogP contribution in [0.25, 0.3) is 0 Å². The lowest BCUT2D eigenvalue weighted by atomic mass is 10.0. The van der Waals surface area contributed by atoms with Crippen molar-refractivity contribution in [2.75, 3.05) is 7.11 Å². The van der Waals surface area contributed by atoms with E-state index in [0.717, 1.165) is 3.57 Å². The van der Waals surface area contributed by atoms with Gasteiger partial charge in [0, 0.05) is 11.1 Å². The standard InChI is InChI=1S/C21H15IO4/c1-25-19-12-9-16(13-18(19)22)21(24)26-17-10-7-15(8-11-17)20(23)14-5-3-2-4-6-14/h2-13H,1H3. The van der Waals surface area contributed by atoms with E-state index < -0.39 is 5.97 Å². The molecule has 0 aliphatic heterocycles. The Morgan fingerprint density at radius 2 is 1.42 bits per heavy atom. The summed E-state index contributed by atoms with van der Waals surface area (Å²) in [5.41, 5.74) is 1.58. The number of methoxy groups -OCH3 is 1. The predicted molar refractivity (Wildman–Crippen MR) is 107 cm³/mol. The number of halogens is 1. The van der Waals surface area contributed by atoms with E-state index in [1.165, 1.54) is 0 Å². The maximum atomic E-state index is 12.4. The van der Waals surface area contributed by atoms with Crippen LogP contribution in [0, 0.1) is 3.57 Å². The average molecular weight is 458 g/mol. The molecule has 3 aromatic carbocycles. The van der Waals surface area contributed by atoms with Gasteiger partial charge in [-0.05, 0) is 65.1 Å². The highest BCUT2D eigenvalue weighted by Crippen LogP contribution is 2.23. The third kappa shape index (κ3) is 4.11. The highest BCUT2D eigenvalue weighted by molar-refractivity contribution is 14.1. The summed E-state index contributed by atoms with van der Waals surface area (Å²) in [4.78, 5) is 24.7. The summed E-state index contributed by atoms with van der Waals surface area (Å²) in [5.74, 6) is 0.539. The van der Waals surface area contributed by atoms with Crippen LogP contribution in [0.2, 0.25) is 0 Å². The molecule has 0 aliphatic rings. The molecule has 3 rings (SSSR count). The van der Waals surface area contributed by atoms with Gasteiger partial charge in [0.1, 0.15) is 11.5 Å². The molecule has 5 heteroatoms. The first kappa shape index (κ1) is 18.1. The molecule has 26 heavy (non-hydrogen) atoms. The van der Waals surface area contributed by atoms with Crippen molar-refractivity contribution in [3.63, 3.8) is 0 Å². The zero-order valence-corrected chi connectivity index (χ0v) is 16.1. The molecule has 3 aromatic rings. The first-order valence-corrected chi connectivity index (χ1v) is 8.92. The van der Waals surface area contributed by atoms with E-state index in [9.17, 15) is 9.59 Å². The maximum absolute atomic E-state index is 12.4. The van der Waals surface area contributed by atoms with Crippen LogP contribution < -0.4 is 9.47 Å². The van der Waals surface area contributed by atoms with Crippen molar-refractivity contribution in [3.8, 4) is 11.5 Å². The number of rotatable bonds is 5. The van der Waals surface area contributed by atoms with Gasteiger partial charge in [0.25, 0.3) is 0 Å². The van der Waals surface area contributed by atoms with Crippen molar-refractivity contribution in [1.29, 1.82) is 0 Å². The summed E-state index contributed by atoms with van der Waals surface area (Å²) in [6.07, 6.45) is 0. The van der Waals surface area contributed by atoms with Gasteiger partial charge in [0.05, 0.1) is 16.2 Å². The monoisotopic (exact) mass is 458 g/mol. The second kappa shape index (κ2) is 8.14. The summed E-state index contributed by atoms with van der Waals surface area (Å²) in [7, 11) is 1.58. The minimum absolute atomic E-state index is 0.0758. The maximum Gasteiger partial charge on any atom is 0.343 e. The molecule has 0 saturated carbocycles. The van der Waals surface area contributed by atoms with E-state index in [-0.39, 0.29) is 5.78 Å². The number of ether oxygens (including phenoxy) is 2. The van der Waals surface area contributed by atoms with Crippen LogP contribution in [0.4, 0.5) is 0 Å². The summed E-state index contributed by atoms with van der Waals surface area (Å²) in [6.45, 7) is 0. The number of benzene rings is 3. The predicted octanol–water partition coefficient (Wildman–Crippen LogP) is 4.75. The molecule has 0 heterocycles. The van der Waals surface area contributed by atoms with E-state index in [1.54, 1.807) is 61.7 Å². The van der Waals surface area contributed by atoms with Crippen LogP contribution in [0.15, 0.2) is 72.8 Å². The first-order chi connectivity index (χ1) is 12.6. The highest BCUT2D eigenvalue weighted by Gasteiger charge is 2.13. The minimum atomic E-state index is -0.465. The van der Waals surface area contributed by atoms with Gasteiger partial charge in [-0.1, -0.05) is 30.3 Å². The van der Waals surface area contributed by atoms with Gasteiger partial charge in [-0.15, -0.1) is 0 Å².